The SMILES string of the molecule is CCCN(CC(=O)OCC)CC1CCCN(S(C)(=O)=O)C1. The van der Waals surface area contributed by atoms with Crippen LogP contribution in [0.15, 0.2) is 0 Å². The fraction of sp³-hybridized carbons (Fsp3) is 0.929. The number of ether oxygens (including phenoxy) is 1. The van der Waals surface area contributed by atoms with Gasteiger partial charge < -0.3 is 4.74 Å². The molecule has 1 aliphatic heterocycles. The third kappa shape index (κ3) is 6.76. The van der Waals surface area contributed by atoms with Gasteiger partial charge >= 0.3 is 5.97 Å². The van der Waals surface area contributed by atoms with E-state index < -0.39 is 10.0 Å². The Bertz CT molecular complexity index is 425. The minimum atomic E-state index is -3.12. The maximum atomic E-state index is 11.6. The Labute approximate surface area is 128 Å². The molecule has 124 valence electrons. The number of carbonyl (C=O) groups excluding carboxylic acids is 1. The van der Waals surface area contributed by atoms with Gasteiger partial charge in [-0.3, -0.25) is 9.69 Å². The zero-order valence-electron chi connectivity index (χ0n) is 13.4. The lowest BCUT2D eigenvalue weighted by Crippen LogP contribution is -2.44. The molecule has 0 spiro atoms. The molecule has 0 radical (unpaired) electrons. The molecule has 6 nitrogen and oxygen atoms in total. The number of hydrogen-bond donors (Lipinski definition) is 0. The number of esters is 1. The van der Waals surface area contributed by atoms with Crippen LogP contribution < -0.4 is 0 Å². The summed E-state index contributed by atoms with van der Waals surface area (Å²) in [6.07, 6.45) is 4.12. The minimum Gasteiger partial charge on any atom is -0.465 e. The molecule has 1 heterocycles. The van der Waals surface area contributed by atoms with Crippen LogP contribution in [0.5, 0.6) is 0 Å². The van der Waals surface area contributed by atoms with Gasteiger partial charge in [0.2, 0.25) is 10.0 Å². The maximum Gasteiger partial charge on any atom is 0.320 e. The van der Waals surface area contributed by atoms with Crippen molar-refractivity contribution in [1.82, 2.24) is 9.21 Å². The van der Waals surface area contributed by atoms with Crippen molar-refractivity contribution in [2.24, 2.45) is 5.92 Å². The Kier molecular flexibility index (Phi) is 7.62. The van der Waals surface area contributed by atoms with Gasteiger partial charge in [0.15, 0.2) is 0 Å². The first-order valence-corrected chi connectivity index (χ1v) is 9.54. The molecule has 0 N–H and O–H groups in total. The van der Waals surface area contributed by atoms with Gasteiger partial charge in [0.1, 0.15) is 0 Å². The van der Waals surface area contributed by atoms with Crippen molar-refractivity contribution in [2.75, 3.05) is 45.6 Å². The Balaban J connectivity index is 2.55. The van der Waals surface area contributed by atoms with Crippen molar-refractivity contribution in [2.45, 2.75) is 33.1 Å². The molecule has 0 amide bonds. The number of rotatable bonds is 8. The summed E-state index contributed by atoms with van der Waals surface area (Å²) in [5.41, 5.74) is 0. The van der Waals surface area contributed by atoms with Crippen molar-refractivity contribution >= 4 is 16.0 Å². The van der Waals surface area contributed by atoms with E-state index in [-0.39, 0.29) is 18.4 Å². The highest BCUT2D eigenvalue weighted by atomic mass is 32.2. The minimum absolute atomic E-state index is 0.207. The fourth-order valence-corrected chi connectivity index (χ4v) is 3.72. The van der Waals surface area contributed by atoms with E-state index in [0.29, 0.717) is 19.7 Å². The van der Waals surface area contributed by atoms with Gasteiger partial charge in [-0.2, -0.15) is 0 Å². The molecule has 0 bridgehead atoms. The first-order chi connectivity index (χ1) is 9.86. The van der Waals surface area contributed by atoms with E-state index in [9.17, 15) is 13.2 Å². The topological polar surface area (TPSA) is 66.9 Å². The summed E-state index contributed by atoms with van der Waals surface area (Å²) in [6, 6.07) is 0. The summed E-state index contributed by atoms with van der Waals surface area (Å²) in [5, 5.41) is 0. The molecule has 7 heteroatoms. The van der Waals surface area contributed by atoms with Crippen LogP contribution in [0.25, 0.3) is 0 Å². The average molecular weight is 320 g/mol. The second kappa shape index (κ2) is 8.70. The molecule has 1 unspecified atom stereocenters. The summed E-state index contributed by atoms with van der Waals surface area (Å²) in [4.78, 5) is 13.7. The molecule has 1 atom stereocenters. The molecule has 1 rings (SSSR count). The number of nitrogens with zero attached hydrogens (tertiary/aromatic N) is 2. The van der Waals surface area contributed by atoms with Gasteiger partial charge in [-0.1, -0.05) is 6.92 Å². The van der Waals surface area contributed by atoms with Crippen LogP contribution in [0, 0.1) is 5.92 Å². The number of piperidine rings is 1. The predicted octanol–water partition coefficient (Wildman–Crippen LogP) is 0.933. The van der Waals surface area contributed by atoms with Crippen LogP contribution in [0.4, 0.5) is 0 Å². The van der Waals surface area contributed by atoms with E-state index in [1.54, 1.807) is 11.2 Å². The highest BCUT2D eigenvalue weighted by molar-refractivity contribution is 7.88. The van der Waals surface area contributed by atoms with Crippen molar-refractivity contribution in [3.05, 3.63) is 0 Å². The molecule has 0 aromatic carbocycles. The highest BCUT2D eigenvalue weighted by Gasteiger charge is 2.27. The lowest BCUT2D eigenvalue weighted by atomic mass is 9.99. The summed E-state index contributed by atoms with van der Waals surface area (Å²) in [5.74, 6) is 0.0798. The smallest absolute Gasteiger partial charge is 0.320 e. The predicted molar refractivity (Wildman–Crippen MR) is 82.5 cm³/mol. The Morgan fingerprint density at radius 1 is 1.38 bits per heavy atom. The first-order valence-electron chi connectivity index (χ1n) is 7.69. The fourth-order valence-electron chi connectivity index (χ4n) is 2.78. The lowest BCUT2D eigenvalue weighted by Gasteiger charge is -2.34. The van der Waals surface area contributed by atoms with Crippen molar-refractivity contribution in [3.8, 4) is 0 Å². The highest BCUT2D eigenvalue weighted by Crippen LogP contribution is 2.19. The van der Waals surface area contributed by atoms with Crippen molar-refractivity contribution in [1.29, 1.82) is 0 Å². The number of sulfonamides is 1. The summed E-state index contributed by atoms with van der Waals surface area (Å²) in [7, 11) is -3.12. The number of carbonyl (C=O) groups is 1. The van der Waals surface area contributed by atoms with Gasteiger partial charge in [-0.15, -0.1) is 0 Å². The maximum absolute atomic E-state index is 11.6. The van der Waals surface area contributed by atoms with Crippen LogP contribution in [0.1, 0.15) is 33.1 Å². The lowest BCUT2D eigenvalue weighted by molar-refractivity contribution is -0.144. The molecule has 1 fully saturated rings. The van der Waals surface area contributed by atoms with Crippen molar-refractivity contribution < 1.29 is 17.9 Å². The standard InChI is InChI=1S/C14H28N2O4S/c1-4-8-15(12-14(17)20-5-2)10-13-7-6-9-16(11-13)21(3,18)19/h13H,4-12H2,1-3H3. The van der Waals surface area contributed by atoms with Crippen LogP contribution in [-0.4, -0.2) is 69.2 Å². The van der Waals surface area contributed by atoms with E-state index in [1.807, 2.05) is 0 Å². The molecule has 1 aliphatic rings. The number of hydrogen-bond acceptors (Lipinski definition) is 5. The molecule has 0 aromatic rings. The molecular weight excluding hydrogens is 292 g/mol. The molecule has 21 heavy (non-hydrogen) atoms. The quantitative estimate of drug-likeness (QED) is 0.623. The zero-order chi connectivity index (χ0) is 15.9. The second-order valence-electron chi connectivity index (χ2n) is 5.67. The van der Waals surface area contributed by atoms with Crippen LogP contribution in [0.2, 0.25) is 0 Å². The normalized spacial score (nSPS) is 20.7. The molecule has 0 saturated carbocycles. The average Bonchev–Trinajstić information content (AvgIpc) is 2.38. The third-order valence-electron chi connectivity index (χ3n) is 3.67. The monoisotopic (exact) mass is 320 g/mol. The van der Waals surface area contributed by atoms with E-state index in [2.05, 4.69) is 11.8 Å². The van der Waals surface area contributed by atoms with Gasteiger partial charge in [0.05, 0.1) is 19.4 Å². The molecular formula is C14H28N2O4S. The summed E-state index contributed by atoms with van der Waals surface area (Å²) < 4.78 is 29.8. The van der Waals surface area contributed by atoms with E-state index in [4.69, 9.17) is 4.74 Å². The van der Waals surface area contributed by atoms with Crippen LogP contribution in [-0.2, 0) is 19.6 Å². The largest absolute Gasteiger partial charge is 0.465 e. The van der Waals surface area contributed by atoms with Crippen LogP contribution >= 0.6 is 0 Å². The van der Waals surface area contributed by atoms with Gasteiger partial charge in [-0.25, -0.2) is 12.7 Å². The first kappa shape index (κ1) is 18.4. The zero-order valence-corrected chi connectivity index (χ0v) is 14.2. The van der Waals surface area contributed by atoms with E-state index >= 15 is 0 Å². The van der Waals surface area contributed by atoms with Crippen LogP contribution in [0.3, 0.4) is 0 Å². The third-order valence-corrected chi connectivity index (χ3v) is 4.93. The van der Waals surface area contributed by atoms with Gasteiger partial charge in [0.25, 0.3) is 0 Å². The Morgan fingerprint density at radius 3 is 2.67 bits per heavy atom. The summed E-state index contributed by atoms with van der Waals surface area (Å²) >= 11 is 0. The molecule has 0 aromatic heterocycles. The Hall–Kier alpha value is -0.660. The van der Waals surface area contributed by atoms with E-state index in [1.165, 1.54) is 6.26 Å². The summed E-state index contributed by atoms with van der Waals surface area (Å²) in [6.45, 7) is 7.30. The molecule has 1 saturated heterocycles. The molecule has 0 aliphatic carbocycles. The second-order valence-corrected chi connectivity index (χ2v) is 7.65. The van der Waals surface area contributed by atoms with E-state index in [0.717, 1.165) is 32.4 Å². The van der Waals surface area contributed by atoms with Gasteiger partial charge in [-0.05, 0) is 38.6 Å². The Morgan fingerprint density at radius 2 is 2.10 bits per heavy atom. The van der Waals surface area contributed by atoms with Gasteiger partial charge in [0, 0.05) is 19.6 Å². The van der Waals surface area contributed by atoms with Crippen molar-refractivity contribution in [3.63, 3.8) is 0 Å².